The van der Waals surface area contributed by atoms with Crippen molar-refractivity contribution in [3.05, 3.63) is 88.9 Å². The van der Waals surface area contributed by atoms with Crippen molar-refractivity contribution in [2.24, 2.45) is 0 Å². The maximum absolute atomic E-state index is 12.9. The molecule has 1 heterocycles. The molecule has 0 unspecified atom stereocenters. The number of benzene rings is 2. The molecule has 7 heteroatoms. The lowest BCUT2D eigenvalue weighted by molar-refractivity contribution is 0.0951. The first-order valence-electron chi connectivity index (χ1n) is 9.04. The number of anilines is 1. The lowest BCUT2D eigenvalue weighted by Gasteiger charge is -2.10. The monoisotopic (exact) mass is 395 g/mol. The van der Waals surface area contributed by atoms with Gasteiger partial charge in [-0.15, -0.1) is 0 Å². The number of nitrogen functional groups attached to an aromatic ring is 1. The van der Waals surface area contributed by atoms with Gasteiger partial charge in [0.1, 0.15) is 24.0 Å². The molecule has 3 rings (SSSR count). The first kappa shape index (κ1) is 20.3. The summed E-state index contributed by atoms with van der Waals surface area (Å²) in [5.74, 6) is 0.285. The Morgan fingerprint density at radius 2 is 1.69 bits per heavy atom. The van der Waals surface area contributed by atoms with Crippen molar-refractivity contribution in [3.8, 4) is 5.75 Å². The fourth-order valence-electron chi connectivity index (χ4n) is 2.67. The zero-order valence-corrected chi connectivity index (χ0v) is 16.0. The molecule has 3 aromatic rings. The molecule has 29 heavy (non-hydrogen) atoms. The van der Waals surface area contributed by atoms with E-state index in [1.54, 1.807) is 31.4 Å². The summed E-state index contributed by atoms with van der Waals surface area (Å²) < 4.78 is 23.6. The second kappa shape index (κ2) is 9.66. The van der Waals surface area contributed by atoms with Crippen LogP contribution in [0.1, 0.15) is 27.2 Å². The molecule has 1 aromatic heterocycles. The van der Waals surface area contributed by atoms with E-state index in [2.05, 4.69) is 10.3 Å². The Kier molecular flexibility index (Phi) is 6.76. The third-order valence-electron chi connectivity index (χ3n) is 4.21. The van der Waals surface area contributed by atoms with Crippen LogP contribution >= 0.6 is 0 Å². The lowest BCUT2D eigenvalue weighted by Crippen LogP contribution is -2.24. The van der Waals surface area contributed by atoms with Crippen LogP contribution in [-0.4, -0.2) is 18.0 Å². The normalized spacial score (nSPS) is 10.6. The second-order valence-corrected chi connectivity index (χ2v) is 6.41. The molecule has 0 aliphatic heterocycles. The van der Waals surface area contributed by atoms with Gasteiger partial charge in [-0.25, -0.2) is 9.37 Å². The molecule has 0 saturated carbocycles. The highest BCUT2D eigenvalue weighted by atomic mass is 19.1. The summed E-state index contributed by atoms with van der Waals surface area (Å²) in [4.78, 5) is 16.5. The molecule has 0 saturated heterocycles. The lowest BCUT2D eigenvalue weighted by atomic mass is 10.2. The van der Waals surface area contributed by atoms with Crippen LogP contribution in [-0.2, 0) is 24.5 Å². The van der Waals surface area contributed by atoms with Crippen molar-refractivity contribution in [1.82, 2.24) is 10.3 Å². The van der Waals surface area contributed by atoms with Gasteiger partial charge in [0.15, 0.2) is 0 Å². The van der Waals surface area contributed by atoms with E-state index in [4.69, 9.17) is 15.2 Å². The second-order valence-electron chi connectivity index (χ2n) is 6.41. The molecular weight excluding hydrogens is 373 g/mol. The summed E-state index contributed by atoms with van der Waals surface area (Å²) in [6.07, 6.45) is 0. The zero-order valence-electron chi connectivity index (χ0n) is 16.0. The van der Waals surface area contributed by atoms with E-state index >= 15 is 0 Å². The molecule has 0 radical (unpaired) electrons. The van der Waals surface area contributed by atoms with Gasteiger partial charge in [-0.2, -0.15) is 0 Å². The van der Waals surface area contributed by atoms with Crippen LogP contribution in [0.15, 0.2) is 60.7 Å². The molecule has 0 aliphatic carbocycles. The Morgan fingerprint density at radius 1 is 1.00 bits per heavy atom. The fraction of sp³-hybridized carbons (Fsp3) is 0.182. The summed E-state index contributed by atoms with van der Waals surface area (Å²) in [5, 5.41) is 2.82. The van der Waals surface area contributed by atoms with E-state index in [9.17, 15) is 9.18 Å². The Morgan fingerprint density at radius 3 is 2.34 bits per heavy atom. The predicted octanol–water partition coefficient (Wildman–Crippen LogP) is 3.46. The summed E-state index contributed by atoms with van der Waals surface area (Å²) >= 11 is 0. The van der Waals surface area contributed by atoms with Gasteiger partial charge >= 0.3 is 0 Å². The Balaban J connectivity index is 1.52. The number of ether oxygens (including phenoxy) is 2. The SMILES string of the molecule is COCc1ccc(C(=O)NCc2ccc(OCc3ccc(F)cc3)cc2)c(N)n1. The molecule has 1 amide bonds. The minimum absolute atomic E-state index is 0.168. The quantitative estimate of drug-likeness (QED) is 0.610. The molecule has 0 bridgehead atoms. The molecular formula is C22H22FN3O3. The standard InChI is InChI=1S/C22H22FN3O3/c1-28-14-18-8-11-20(21(24)26-18)22(27)25-12-15-4-9-19(10-5-15)29-13-16-2-6-17(23)7-3-16/h2-11H,12-14H2,1H3,(H2,24,26)(H,25,27). The van der Waals surface area contributed by atoms with Crippen LogP contribution in [0.2, 0.25) is 0 Å². The molecule has 150 valence electrons. The molecule has 0 aliphatic rings. The van der Waals surface area contributed by atoms with Gasteiger partial charge in [0.05, 0.1) is 17.9 Å². The predicted molar refractivity (Wildman–Crippen MR) is 108 cm³/mol. The molecule has 6 nitrogen and oxygen atoms in total. The van der Waals surface area contributed by atoms with Gasteiger partial charge in [0.25, 0.3) is 5.91 Å². The number of pyridine rings is 1. The number of aromatic nitrogens is 1. The summed E-state index contributed by atoms with van der Waals surface area (Å²) in [5.41, 5.74) is 8.65. The first-order valence-corrected chi connectivity index (χ1v) is 9.04. The Labute approximate surface area is 168 Å². The largest absolute Gasteiger partial charge is 0.489 e. The molecule has 0 fully saturated rings. The Hall–Kier alpha value is -3.45. The first-order chi connectivity index (χ1) is 14.0. The number of hydrogen-bond donors (Lipinski definition) is 2. The molecule has 2 aromatic carbocycles. The van der Waals surface area contributed by atoms with Gasteiger partial charge in [0, 0.05) is 13.7 Å². The van der Waals surface area contributed by atoms with E-state index in [1.807, 2.05) is 24.3 Å². The number of rotatable bonds is 8. The highest BCUT2D eigenvalue weighted by Crippen LogP contribution is 2.15. The van der Waals surface area contributed by atoms with E-state index in [-0.39, 0.29) is 17.5 Å². The topological polar surface area (TPSA) is 86.5 Å². The van der Waals surface area contributed by atoms with Gasteiger partial charge < -0.3 is 20.5 Å². The van der Waals surface area contributed by atoms with Crippen molar-refractivity contribution in [3.63, 3.8) is 0 Å². The van der Waals surface area contributed by atoms with Crippen LogP contribution < -0.4 is 15.8 Å². The van der Waals surface area contributed by atoms with Crippen molar-refractivity contribution < 1.29 is 18.7 Å². The van der Waals surface area contributed by atoms with Crippen LogP contribution in [0.3, 0.4) is 0 Å². The van der Waals surface area contributed by atoms with E-state index in [0.29, 0.717) is 36.8 Å². The van der Waals surface area contributed by atoms with Crippen molar-refractivity contribution in [1.29, 1.82) is 0 Å². The number of carbonyl (C=O) groups excluding carboxylic acids is 1. The molecule has 0 spiro atoms. The van der Waals surface area contributed by atoms with Crippen molar-refractivity contribution >= 4 is 11.7 Å². The highest BCUT2D eigenvalue weighted by molar-refractivity contribution is 5.98. The molecule has 3 N–H and O–H groups in total. The van der Waals surface area contributed by atoms with E-state index in [0.717, 1.165) is 11.1 Å². The summed E-state index contributed by atoms with van der Waals surface area (Å²) in [7, 11) is 1.57. The average Bonchev–Trinajstić information content (AvgIpc) is 2.73. The maximum Gasteiger partial charge on any atom is 0.255 e. The van der Waals surface area contributed by atoms with Crippen molar-refractivity contribution in [2.75, 3.05) is 12.8 Å². The Bertz CT molecular complexity index is 960. The zero-order chi connectivity index (χ0) is 20.6. The maximum atomic E-state index is 12.9. The minimum Gasteiger partial charge on any atom is -0.489 e. The van der Waals surface area contributed by atoms with Crippen LogP contribution in [0, 0.1) is 5.82 Å². The number of methoxy groups -OCH3 is 1. The summed E-state index contributed by atoms with van der Waals surface area (Å²) in [6.45, 7) is 1.03. The van der Waals surface area contributed by atoms with Gasteiger partial charge in [0.2, 0.25) is 0 Å². The number of nitrogens with one attached hydrogen (secondary N) is 1. The average molecular weight is 395 g/mol. The highest BCUT2D eigenvalue weighted by Gasteiger charge is 2.11. The minimum atomic E-state index is -0.296. The van der Waals surface area contributed by atoms with Gasteiger partial charge in [-0.05, 0) is 47.5 Å². The van der Waals surface area contributed by atoms with E-state index < -0.39 is 0 Å². The number of hydrogen-bond acceptors (Lipinski definition) is 5. The number of carbonyl (C=O) groups is 1. The number of nitrogens with zero attached hydrogens (tertiary/aromatic N) is 1. The number of halogens is 1. The van der Waals surface area contributed by atoms with Crippen LogP contribution in [0.5, 0.6) is 5.75 Å². The number of amides is 1. The molecule has 0 atom stereocenters. The van der Waals surface area contributed by atoms with Crippen molar-refractivity contribution in [2.45, 2.75) is 19.8 Å². The number of nitrogens with two attached hydrogens (primary N) is 1. The van der Waals surface area contributed by atoms with Crippen LogP contribution in [0.25, 0.3) is 0 Å². The van der Waals surface area contributed by atoms with Gasteiger partial charge in [-0.3, -0.25) is 4.79 Å². The summed E-state index contributed by atoms with van der Waals surface area (Å²) in [6, 6.07) is 16.9. The third kappa shape index (κ3) is 5.76. The van der Waals surface area contributed by atoms with Gasteiger partial charge in [-0.1, -0.05) is 24.3 Å². The van der Waals surface area contributed by atoms with Crippen LogP contribution in [0.4, 0.5) is 10.2 Å². The fourth-order valence-corrected chi connectivity index (χ4v) is 2.67. The smallest absolute Gasteiger partial charge is 0.255 e. The third-order valence-corrected chi connectivity index (χ3v) is 4.21. The van der Waals surface area contributed by atoms with E-state index in [1.165, 1.54) is 12.1 Å².